The number of carbonyl (C=O) groups excluding carboxylic acids is 4. The van der Waals surface area contributed by atoms with Gasteiger partial charge in [0.25, 0.3) is 0 Å². The zero-order valence-electron chi connectivity index (χ0n) is 58.1. The van der Waals surface area contributed by atoms with Crippen molar-refractivity contribution in [1.29, 1.82) is 0 Å². The van der Waals surface area contributed by atoms with E-state index in [1.807, 2.05) is 0 Å². The summed E-state index contributed by atoms with van der Waals surface area (Å²) in [6.45, 7) is 11.7. The molecule has 0 fully saturated rings. The van der Waals surface area contributed by atoms with Crippen LogP contribution in [0.3, 0.4) is 0 Å². The van der Waals surface area contributed by atoms with E-state index in [1.54, 1.807) is 0 Å². The van der Waals surface area contributed by atoms with Crippen molar-refractivity contribution in [2.75, 3.05) is 39.6 Å². The predicted molar refractivity (Wildman–Crippen MR) is 363 cm³/mol. The number of aliphatic hydroxyl groups excluding tert-OH is 1. The number of phosphoric ester groups is 2. The summed E-state index contributed by atoms with van der Waals surface area (Å²) in [5, 5.41) is 10.6. The Kier molecular flexibility index (Phi) is 59.7. The number of allylic oxidation sites excluding steroid dienone is 4. The molecule has 0 aromatic rings. The molecule has 90 heavy (non-hydrogen) atoms. The minimum absolute atomic E-state index is 0.0845. The van der Waals surface area contributed by atoms with Crippen LogP contribution >= 0.6 is 15.6 Å². The molecule has 0 aromatic carbocycles. The summed E-state index contributed by atoms with van der Waals surface area (Å²) >= 11 is 0. The smallest absolute Gasteiger partial charge is 0.462 e. The number of phosphoric acid groups is 2. The topological polar surface area (TPSA) is 237 Å². The third-order valence-corrected chi connectivity index (χ3v) is 18.0. The molecule has 0 aromatic heterocycles. The van der Waals surface area contributed by atoms with Crippen LogP contribution in [0.25, 0.3) is 0 Å². The summed E-state index contributed by atoms with van der Waals surface area (Å²) in [6.07, 6.45) is 48.3. The number of hydrogen-bond donors (Lipinski definition) is 3. The Balaban J connectivity index is 5.27. The Bertz CT molecular complexity index is 1860. The maximum Gasteiger partial charge on any atom is 0.472 e. The van der Waals surface area contributed by atoms with Crippen molar-refractivity contribution in [3.05, 3.63) is 24.3 Å². The van der Waals surface area contributed by atoms with Crippen LogP contribution in [0.4, 0.5) is 0 Å². The van der Waals surface area contributed by atoms with Crippen LogP contribution < -0.4 is 0 Å². The lowest BCUT2D eigenvalue weighted by molar-refractivity contribution is -0.161. The van der Waals surface area contributed by atoms with Gasteiger partial charge >= 0.3 is 39.5 Å². The van der Waals surface area contributed by atoms with Gasteiger partial charge in [0.05, 0.1) is 26.4 Å². The molecule has 17 nitrogen and oxygen atoms in total. The van der Waals surface area contributed by atoms with Crippen molar-refractivity contribution >= 4 is 39.5 Å². The van der Waals surface area contributed by atoms with Crippen LogP contribution in [0.2, 0.25) is 0 Å². The second kappa shape index (κ2) is 61.4. The molecule has 0 heterocycles. The molecule has 0 saturated carbocycles. The molecular weight excluding hydrogens is 1190 g/mol. The summed E-state index contributed by atoms with van der Waals surface area (Å²) in [6, 6.07) is 0. The molecule has 0 aliphatic carbocycles. The third-order valence-electron chi connectivity index (χ3n) is 16.1. The van der Waals surface area contributed by atoms with Crippen LogP contribution in [-0.2, 0) is 65.4 Å². The molecular formula is C71H134O17P2. The quantitative estimate of drug-likeness (QED) is 0.0169. The molecule has 0 spiro atoms. The van der Waals surface area contributed by atoms with Gasteiger partial charge < -0.3 is 33.8 Å². The van der Waals surface area contributed by atoms with Gasteiger partial charge in [-0.05, 0) is 69.1 Å². The molecule has 0 aliphatic rings. The Morgan fingerprint density at radius 1 is 0.367 bits per heavy atom. The van der Waals surface area contributed by atoms with Gasteiger partial charge in [0.1, 0.15) is 19.3 Å². The lowest BCUT2D eigenvalue weighted by Crippen LogP contribution is -2.30. The fourth-order valence-electron chi connectivity index (χ4n) is 10.1. The first-order valence-electron chi connectivity index (χ1n) is 36.2. The monoisotopic (exact) mass is 1320 g/mol. The van der Waals surface area contributed by atoms with Gasteiger partial charge in [-0.1, -0.05) is 278 Å². The molecule has 0 rings (SSSR count). The fraction of sp³-hybridized carbons (Fsp3) is 0.887. The number of ether oxygens (including phenoxy) is 4. The zero-order chi connectivity index (χ0) is 66.6. The van der Waals surface area contributed by atoms with Crippen molar-refractivity contribution in [1.82, 2.24) is 0 Å². The highest BCUT2D eigenvalue weighted by molar-refractivity contribution is 7.47. The van der Waals surface area contributed by atoms with E-state index in [-0.39, 0.29) is 25.7 Å². The second-order valence-electron chi connectivity index (χ2n) is 26.1. The maximum absolute atomic E-state index is 13.0. The van der Waals surface area contributed by atoms with E-state index in [0.717, 1.165) is 121 Å². The summed E-state index contributed by atoms with van der Waals surface area (Å²) in [4.78, 5) is 72.5. The highest BCUT2D eigenvalue weighted by atomic mass is 31.2. The summed E-state index contributed by atoms with van der Waals surface area (Å²) in [7, 11) is -9.91. The van der Waals surface area contributed by atoms with E-state index in [4.69, 9.17) is 37.0 Å². The number of hydrogen-bond acceptors (Lipinski definition) is 15. The van der Waals surface area contributed by atoms with Crippen molar-refractivity contribution in [3.8, 4) is 0 Å². The van der Waals surface area contributed by atoms with Crippen molar-refractivity contribution in [2.24, 2.45) is 17.8 Å². The summed E-state index contributed by atoms with van der Waals surface area (Å²) in [5.41, 5.74) is 0. The Morgan fingerprint density at radius 2 is 0.656 bits per heavy atom. The van der Waals surface area contributed by atoms with Gasteiger partial charge in [-0.3, -0.25) is 37.3 Å². The first-order valence-corrected chi connectivity index (χ1v) is 39.2. The van der Waals surface area contributed by atoms with Gasteiger partial charge in [-0.2, -0.15) is 0 Å². The molecule has 3 N–H and O–H groups in total. The van der Waals surface area contributed by atoms with Crippen molar-refractivity contribution < 1.29 is 80.2 Å². The standard InChI is InChI=1S/C71H134O17P2/c1-8-10-11-12-13-14-15-16-17-20-24-27-30-40-47-54-70(75)87-66(58-81-68(73)52-45-38-29-26-23-21-18-19-22-25-28-35-42-49-62(3)4)60-85-89(77,78)83-56-65(72)57-84-90(79,80)86-61-67(88-71(76)55-48-41-33-31-36-43-50-63(5)6)59-82-69(74)53-46-39-34-32-37-44-51-64(7)9-2/h14-17,62-67,72H,8-13,18-61H2,1-7H3,(H,77,78)(H,79,80)/b15-14-,17-16-/t64?,65-,66-,67-/m1/s1. The van der Waals surface area contributed by atoms with E-state index in [2.05, 4.69) is 72.8 Å². The van der Waals surface area contributed by atoms with Gasteiger partial charge in [-0.25, -0.2) is 9.13 Å². The second-order valence-corrected chi connectivity index (χ2v) is 29.0. The molecule has 0 radical (unpaired) electrons. The summed E-state index contributed by atoms with van der Waals surface area (Å²) in [5.74, 6) is 0.0243. The number of esters is 4. The molecule has 0 amide bonds. The van der Waals surface area contributed by atoms with E-state index in [1.165, 1.54) is 122 Å². The van der Waals surface area contributed by atoms with E-state index in [0.29, 0.717) is 31.6 Å². The molecule has 19 heteroatoms. The zero-order valence-corrected chi connectivity index (χ0v) is 59.9. The largest absolute Gasteiger partial charge is 0.472 e. The van der Waals surface area contributed by atoms with E-state index < -0.39 is 97.5 Å². The van der Waals surface area contributed by atoms with E-state index in [9.17, 15) is 43.2 Å². The van der Waals surface area contributed by atoms with Gasteiger partial charge in [0.15, 0.2) is 12.2 Å². The highest BCUT2D eigenvalue weighted by Crippen LogP contribution is 2.45. The lowest BCUT2D eigenvalue weighted by atomic mass is 10.00. The maximum atomic E-state index is 13.0. The Morgan fingerprint density at radius 3 is 0.989 bits per heavy atom. The first kappa shape index (κ1) is 87.5. The molecule has 530 valence electrons. The minimum Gasteiger partial charge on any atom is -0.462 e. The first-order chi connectivity index (χ1) is 43.3. The SMILES string of the molecule is CCCCCC/C=C\C=C/CCCCCCCC(=O)O[C@H](COC(=O)CCCCCCCCCCCCCCCC(C)C)COP(=O)(O)OC[C@@H](O)COP(=O)(O)OC[C@@H](COC(=O)CCCCCCCCC(C)CC)OC(=O)CCCCCCCCC(C)C. The van der Waals surface area contributed by atoms with Crippen LogP contribution in [-0.4, -0.2) is 96.7 Å². The van der Waals surface area contributed by atoms with Gasteiger partial charge in [-0.15, -0.1) is 0 Å². The number of aliphatic hydroxyl groups is 1. The molecule has 6 atom stereocenters. The van der Waals surface area contributed by atoms with Crippen LogP contribution in [0.15, 0.2) is 24.3 Å². The van der Waals surface area contributed by atoms with Crippen LogP contribution in [0.1, 0.15) is 331 Å². The van der Waals surface area contributed by atoms with Gasteiger partial charge in [0, 0.05) is 25.7 Å². The van der Waals surface area contributed by atoms with Crippen molar-refractivity contribution in [3.63, 3.8) is 0 Å². The summed E-state index contributed by atoms with van der Waals surface area (Å²) < 4.78 is 68.2. The molecule has 0 aliphatic heterocycles. The fourth-order valence-corrected chi connectivity index (χ4v) is 11.7. The molecule has 0 saturated heterocycles. The number of carbonyl (C=O) groups is 4. The van der Waals surface area contributed by atoms with Crippen LogP contribution in [0.5, 0.6) is 0 Å². The third kappa shape index (κ3) is 63.0. The average molecular weight is 1320 g/mol. The Hall–Kier alpha value is -2.46. The minimum atomic E-state index is -4.96. The predicted octanol–water partition coefficient (Wildman–Crippen LogP) is 19.8. The normalized spacial score (nSPS) is 14.7. The van der Waals surface area contributed by atoms with Gasteiger partial charge in [0.2, 0.25) is 0 Å². The molecule has 3 unspecified atom stereocenters. The number of rotatable bonds is 67. The Labute approximate surface area is 548 Å². The lowest BCUT2D eigenvalue weighted by Gasteiger charge is -2.21. The number of unbranched alkanes of at least 4 members (excludes halogenated alkanes) is 31. The van der Waals surface area contributed by atoms with E-state index >= 15 is 0 Å². The van der Waals surface area contributed by atoms with Crippen LogP contribution in [0, 0.1) is 17.8 Å². The van der Waals surface area contributed by atoms with Crippen molar-refractivity contribution in [2.45, 2.75) is 349 Å². The highest BCUT2D eigenvalue weighted by Gasteiger charge is 2.30. The average Bonchev–Trinajstić information content (AvgIpc) is 3.72. The molecule has 0 bridgehead atoms.